The molecule has 1 aromatic carbocycles. The molecular formula is C7H4BrFN2. The fourth-order valence-corrected chi connectivity index (χ4v) is 1.36. The molecule has 0 fully saturated rings. The largest absolute Gasteiger partial charge is 0.332 e. The highest BCUT2D eigenvalue weighted by Crippen LogP contribution is 2.15. The molecule has 11 heavy (non-hydrogen) atoms. The number of nitrogens with zero attached hydrogens (tertiary/aromatic N) is 1. The van der Waals surface area contributed by atoms with Crippen LogP contribution in [0.25, 0.3) is 11.0 Å². The van der Waals surface area contributed by atoms with E-state index in [4.69, 9.17) is 0 Å². The number of halogens is 2. The van der Waals surface area contributed by atoms with Crippen molar-refractivity contribution in [3.8, 4) is 0 Å². The molecule has 0 unspecified atom stereocenters. The van der Waals surface area contributed by atoms with Crippen molar-refractivity contribution in [1.29, 1.82) is 0 Å². The van der Waals surface area contributed by atoms with Gasteiger partial charge in [-0.2, -0.15) is 0 Å². The second kappa shape index (κ2) is 2.30. The van der Waals surface area contributed by atoms with E-state index in [2.05, 4.69) is 25.9 Å². The average molecular weight is 215 g/mol. The summed E-state index contributed by atoms with van der Waals surface area (Å²) >= 11 is 3.16. The third-order valence-corrected chi connectivity index (χ3v) is 1.79. The number of benzene rings is 1. The maximum atomic E-state index is 12.6. The molecule has 4 heteroatoms. The molecule has 1 aromatic heterocycles. The summed E-state index contributed by atoms with van der Waals surface area (Å²) in [4.78, 5) is 6.91. The van der Waals surface area contributed by atoms with E-state index in [0.29, 0.717) is 10.3 Å². The topological polar surface area (TPSA) is 28.7 Å². The molecule has 0 bridgehead atoms. The van der Waals surface area contributed by atoms with Crippen molar-refractivity contribution in [2.75, 3.05) is 0 Å². The molecule has 0 amide bonds. The van der Waals surface area contributed by atoms with Gasteiger partial charge in [0.1, 0.15) is 5.82 Å². The quantitative estimate of drug-likeness (QED) is 0.718. The lowest BCUT2D eigenvalue weighted by Gasteiger charge is -1.85. The summed E-state index contributed by atoms with van der Waals surface area (Å²) in [6.45, 7) is 0. The lowest BCUT2D eigenvalue weighted by molar-refractivity contribution is 0.629. The van der Waals surface area contributed by atoms with Gasteiger partial charge >= 0.3 is 0 Å². The Morgan fingerprint density at radius 2 is 2.27 bits per heavy atom. The monoisotopic (exact) mass is 214 g/mol. The predicted octanol–water partition coefficient (Wildman–Crippen LogP) is 2.46. The summed E-state index contributed by atoms with van der Waals surface area (Å²) in [5.41, 5.74) is 1.47. The lowest BCUT2D eigenvalue weighted by Crippen LogP contribution is -1.72. The maximum absolute atomic E-state index is 12.6. The van der Waals surface area contributed by atoms with Gasteiger partial charge < -0.3 is 4.98 Å². The molecule has 2 aromatic rings. The normalized spacial score (nSPS) is 10.7. The van der Waals surface area contributed by atoms with Crippen molar-refractivity contribution in [2.24, 2.45) is 0 Å². The molecule has 0 aliphatic carbocycles. The van der Waals surface area contributed by atoms with Crippen LogP contribution in [-0.2, 0) is 0 Å². The van der Waals surface area contributed by atoms with Crippen molar-refractivity contribution in [3.63, 3.8) is 0 Å². The SMILES string of the molecule is Fc1ccc2nc(Br)[nH]c2c1. The first-order chi connectivity index (χ1) is 5.25. The third-order valence-electron chi connectivity index (χ3n) is 1.42. The van der Waals surface area contributed by atoms with Crippen LogP contribution in [0.5, 0.6) is 0 Å². The molecule has 0 aliphatic rings. The van der Waals surface area contributed by atoms with Gasteiger partial charge in [-0.1, -0.05) is 0 Å². The molecule has 0 radical (unpaired) electrons. The summed E-state index contributed by atoms with van der Waals surface area (Å²) < 4.78 is 13.2. The molecule has 56 valence electrons. The highest BCUT2D eigenvalue weighted by atomic mass is 79.9. The number of nitrogens with one attached hydrogen (secondary N) is 1. The number of aromatic amines is 1. The second-order valence-electron chi connectivity index (χ2n) is 2.19. The van der Waals surface area contributed by atoms with E-state index >= 15 is 0 Å². The van der Waals surface area contributed by atoms with Gasteiger partial charge in [0.05, 0.1) is 11.0 Å². The first-order valence-electron chi connectivity index (χ1n) is 3.06. The minimum absolute atomic E-state index is 0.256. The molecule has 1 heterocycles. The minimum Gasteiger partial charge on any atom is -0.332 e. The van der Waals surface area contributed by atoms with E-state index in [1.807, 2.05) is 0 Å². The van der Waals surface area contributed by atoms with Gasteiger partial charge in [0.2, 0.25) is 0 Å². The number of hydrogen-bond acceptors (Lipinski definition) is 1. The second-order valence-corrected chi connectivity index (χ2v) is 2.94. The van der Waals surface area contributed by atoms with Gasteiger partial charge in [0.25, 0.3) is 0 Å². The van der Waals surface area contributed by atoms with Gasteiger partial charge in [-0.15, -0.1) is 0 Å². The van der Waals surface area contributed by atoms with Crippen molar-refractivity contribution in [2.45, 2.75) is 0 Å². The average Bonchev–Trinajstić information content (AvgIpc) is 2.27. The summed E-state index contributed by atoms with van der Waals surface area (Å²) in [6.07, 6.45) is 0. The molecule has 0 saturated heterocycles. The van der Waals surface area contributed by atoms with Crippen molar-refractivity contribution < 1.29 is 4.39 Å². The molecule has 2 nitrogen and oxygen atoms in total. The van der Waals surface area contributed by atoms with Gasteiger partial charge in [0, 0.05) is 0 Å². The maximum Gasteiger partial charge on any atom is 0.175 e. The number of rotatable bonds is 0. The third kappa shape index (κ3) is 1.14. The number of H-pyrrole nitrogens is 1. The fraction of sp³-hybridized carbons (Fsp3) is 0. The molecular weight excluding hydrogens is 211 g/mol. The van der Waals surface area contributed by atoms with E-state index in [1.54, 1.807) is 6.07 Å². The van der Waals surface area contributed by atoms with Crippen LogP contribution in [0.1, 0.15) is 0 Å². The van der Waals surface area contributed by atoms with Crippen LogP contribution in [-0.4, -0.2) is 9.97 Å². The van der Waals surface area contributed by atoms with E-state index in [-0.39, 0.29) is 5.82 Å². The van der Waals surface area contributed by atoms with Crippen molar-refractivity contribution in [3.05, 3.63) is 28.7 Å². The molecule has 0 atom stereocenters. The highest BCUT2D eigenvalue weighted by Gasteiger charge is 1.99. The first kappa shape index (κ1) is 6.79. The molecule has 2 rings (SSSR count). The molecule has 0 spiro atoms. The number of fused-ring (bicyclic) bond motifs is 1. The molecule has 1 N–H and O–H groups in total. The predicted molar refractivity (Wildman–Crippen MR) is 43.8 cm³/mol. The Morgan fingerprint density at radius 3 is 3.09 bits per heavy atom. The van der Waals surface area contributed by atoms with Crippen molar-refractivity contribution >= 4 is 27.0 Å². The van der Waals surface area contributed by atoms with Crippen LogP contribution < -0.4 is 0 Å². The Balaban J connectivity index is 2.82. The molecule has 0 aliphatic heterocycles. The van der Waals surface area contributed by atoms with Crippen LogP contribution >= 0.6 is 15.9 Å². The van der Waals surface area contributed by atoms with Crippen LogP contribution in [0.15, 0.2) is 22.9 Å². The van der Waals surface area contributed by atoms with Gasteiger partial charge in [-0.3, -0.25) is 0 Å². The van der Waals surface area contributed by atoms with Crippen LogP contribution in [0.4, 0.5) is 4.39 Å². The zero-order chi connectivity index (χ0) is 7.84. The fourth-order valence-electron chi connectivity index (χ4n) is 0.951. The van der Waals surface area contributed by atoms with Crippen LogP contribution in [0.2, 0.25) is 0 Å². The summed E-state index contributed by atoms with van der Waals surface area (Å²) in [7, 11) is 0. The standard InChI is InChI=1S/C7H4BrFN2/c8-7-10-5-2-1-4(9)3-6(5)11-7/h1-3H,(H,10,11). The number of aromatic nitrogens is 2. The van der Waals surface area contributed by atoms with Gasteiger partial charge in [-0.25, -0.2) is 9.37 Å². The summed E-state index contributed by atoms with van der Waals surface area (Å²) in [5, 5.41) is 0. The van der Waals surface area contributed by atoms with E-state index in [1.165, 1.54) is 12.1 Å². The zero-order valence-electron chi connectivity index (χ0n) is 5.44. The van der Waals surface area contributed by atoms with Crippen molar-refractivity contribution in [1.82, 2.24) is 9.97 Å². The number of hydrogen-bond donors (Lipinski definition) is 1. The lowest BCUT2D eigenvalue weighted by atomic mass is 10.3. The summed E-state index contributed by atoms with van der Waals surface area (Å²) in [6, 6.07) is 4.43. The Morgan fingerprint density at radius 1 is 1.45 bits per heavy atom. The Labute approximate surface area is 70.6 Å². The van der Waals surface area contributed by atoms with Gasteiger partial charge in [-0.05, 0) is 34.1 Å². The Hall–Kier alpha value is -0.900. The Bertz CT molecular complexity index is 396. The minimum atomic E-state index is -0.256. The zero-order valence-corrected chi connectivity index (χ0v) is 7.02. The smallest absolute Gasteiger partial charge is 0.175 e. The van der Waals surface area contributed by atoms with E-state index < -0.39 is 0 Å². The summed E-state index contributed by atoms with van der Waals surface area (Å²) in [5.74, 6) is -0.256. The first-order valence-corrected chi connectivity index (χ1v) is 3.86. The van der Waals surface area contributed by atoms with Crippen LogP contribution in [0.3, 0.4) is 0 Å². The van der Waals surface area contributed by atoms with Crippen LogP contribution in [0, 0.1) is 5.82 Å². The highest BCUT2D eigenvalue weighted by molar-refractivity contribution is 9.10. The van der Waals surface area contributed by atoms with E-state index in [0.717, 1.165) is 5.52 Å². The Kier molecular flexibility index (Phi) is 1.42. The number of imidazole rings is 1. The molecule has 0 saturated carbocycles. The van der Waals surface area contributed by atoms with E-state index in [9.17, 15) is 4.39 Å². The van der Waals surface area contributed by atoms with Gasteiger partial charge in [0.15, 0.2) is 4.73 Å².